The molecule has 5 unspecified atom stereocenters. The van der Waals surface area contributed by atoms with Gasteiger partial charge in [-0.15, -0.1) is 0 Å². The van der Waals surface area contributed by atoms with E-state index in [9.17, 15) is 4.79 Å². The summed E-state index contributed by atoms with van der Waals surface area (Å²) in [6.45, 7) is 2.06. The number of ether oxygens (including phenoxy) is 1. The third kappa shape index (κ3) is 3.93. The molecule has 4 heteroatoms. The Labute approximate surface area is 116 Å². The predicted molar refractivity (Wildman–Crippen MR) is 75.7 cm³/mol. The minimum atomic E-state index is 0.0907. The zero-order chi connectivity index (χ0) is 13.8. The number of nitrogens with one attached hydrogen (secondary N) is 1. The molecule has 110 valence electrons. The molecule has 2 saturated carbocycles. The van der Waals surface area contributed by atoms with Crippen LogP contribution in [0, 0.1) is 11.8 Å². The molecule has 0 spiro atoms. The fraction of sp³-hybridized carbons (Fsp3) is 0.933. The summed E-state index contributed by atoms with van der Waals surface area (Å²) in [4.78, 5) is 12.3. The van der Waals surface area contributed by atoms with E-state index in [1.54, 1.807) is 7.11 Å². The first-order chi connectivity index (χ1) is 9.10. The first kappa shape index (κ1) is 14.8. The summed E-state index contributed by atoms with van der Waals surface area (Å²) in [6, 6.07) is 0.593. The second-order valence-corrected chi connectivity index (χ2v) is 6.35. The largest absolute Gasteiger partial charge is 0.381 e. The number of carbonyl (C=O) groups excluding carboxylic acids is 1. The Bertz CT molecular complexity index is 309. The van der Waals surface area contributed by atoms with E-state index in [4.69, 9.17) is 10.5 Å². The first-order valence-electron chi connectivity index (χ1n) is 7.69. The standard InChI is InChI=1S/C15H28N2O2/c1-10(11-4-3-5-12(16)8-11)15(18)17-13-6-7-14(9-13)19-2/h10-14H,3-9,16H2,1-2H3,(H,17,18). The van der Waals surface area contributed by atoms with Crippen molar-refractivity contribution in [2.45, 2.75) is 70.1 Å². The molecule has 19 heavy (non-hydrogen) atoms. The van der Waals surface area contributed by atoms with Gasteiger partial charge in [0.1, 0.15) is 0 Å². The summed E-state index contributed by atoms with van der Waals surface area (Å²) in [5.74, 6) is 0.761. The molecule has 0 aliphatic heterocycles. The quantitative estimate of drug-likeness (QED) is 0.817. The van der Waals surface area contributed by atoms with E-state index in [-0.39, 0.29) is 11.8 Å². The lowest BCUT2D eigenvalue weighted by atomic mass is 9.78. The van der Waals surface area contributed by atoms with Crippen LogP contribution < -0.4 is 11.1 Å². The van der Waals surface area contributed by atoms with Crippen LogP contribution in [0.1, 0.15) is 51.9 Å². The van der Waals surface area contributed by atoms with Crippen molar-refractivity contribution in [2.75, 3.05) is 7.11 Å². The van der Waals surface area contributed by atoms with E-state index in [1.807, 2.05) is 0 Å². The maximum atomic E-state index is 12.3. The number of nitrogens with two attached hydrogens (primary N) is 1. The minimum Gasteiger partial charge on any atom is -0.381 e. The molecule has 0 heterocycles. The van der Waals surface area contributed by atoms with Gasteiger partial charge in [0.2, 0.25) is 5.91 Å². The third-order valence-electron chi connectivity index (χ3n) is 4.94. The van der Waals surface area contributed by atoms with Crippen molar-refractivity contribution < 1.29 is 9.53 Å². The van der Waals surface area contributed by atoms with Crippen LogP contribution in [0.25, 0.3) is 0 Å². The van der Waals surface area contributed by atoms with Gasteiger partial charge in [0.15, 0.2) is 0 Å². The Morgan fingerprint density at radius 3 is 2.68 bits per heavy atom. The zero-order valence-corrected chi connectivity index (χ0v) is 12.2. The highest BCUT2D eigenvalue weighted by molar-refractivity contribution is 5.79. The lowest BCUT2D eigenvalue weighted by molar-refractivity contribution is -0.127. The van der Waals surface area contributed by atoms with Crippen LogP contribution in [0.5, 0.6) is 0 Å². The number of hydrogen-bond acceptors (Lipinski definition) is 3. The van der Waals surface area contributed by atoms with E-state index in [1.165, 1.54) is 6.42 Å². The smallest absolute Gasteiger partial charge is 0.223 e. The fourth-order valence-electron chi connectivity index (χ4n) is 3.55. The van der Waals surface area contributed by atoms with E-state index < -0.39 is 0 Å². The van der Waals surface area contributed by atoms with E-state index >= 15 is 0 Å². The van der Waals surface area contributed by atoms with Crippen LogP contribution in [-0.4, -0.2) is 31.2 Å². The molecule has 0 aromatic heterocycles. The van der Waals surface area contributed by atoms with Crippen molar-refractivity contribution in [3.63, 3.8) is 0 Å². The molecule has 2 aliphatic carbocycles. The van der Waals surface area contributed by atoms with Gasteiger partial charge in [-0.25, -0.2) is 0 Å². The molecule has 0 saturated heterocycles. The molecule has 3 N–H and O–H groups in total. The Balaban J connectivity index is 1.79. The molecular weight excluding hydrogens is 240 g/mol. The van der Waals surface area contributed by atoms with Crippen molar-refractivity contribution in [3.05, 3.63) is 0 Å². The second-order valence-electron chi connectivity index (χ2n) is 6.35. The van der Waals surface area contributed by atoms with Gasteiger partial charge in [0.25, 0.3) is 0 Å². The number of carbonyl (C=O) groups is 1. The topological polar surface area (TPSA) is 64.3 Å². The summed E-state index contributed by atoms with van der Waals surface area (Å²) in [5.41, 5.74) is 6.01. The Morgan fingerprint density at radius 2 is 2.05 bits per heavy atom. The maximum Gasteiger partial charge on any atom is 0.223 e. The monoisotopic (exact) mass is 268 g/mol. The number of rotatable bonds is 4. The molecule has 4 nitrogen and oxygen atoms in total. The van der Waals surface area contributed by atoms with Crippen molar-refractivity contribution >= 4 is 5.91 Å². The molecule has 2 fully saturated rings. The lowest BCUT2D eigenvalue weighted by Crippen LogP contribution is -2.41. The average molecular weight is 268 g/mol. The molecule has 1 amide bonds. The van der Waals surface area contributed by atoms with E-state index in [2.05, 4.69) is 12.2 Å². The van der Waals surface area contributed by atoms with Crippen LogP contribution in [0.3, 0.4) is 0 Å². The SMILES string of the molecule is COC1CCC(NC(=O)C(C)C2CCCC(N)C2)C1. The number of hydrogen-bond donors (Lipinski definition) is 2. The molecule has 0 aromatic rings. The summed E-state index contributed by atoms with van der Waals surface area (Å²) < 4.78 is 5.35. The van der Waals surface area contributed by atoms with Crippen LogP contribution in [0.2, 0.25) is 0 Å². The van der Waals surface area contributed by atoms with Gasteiger partial charge in [-0.3, -0.25) is 4.79 Å². The van der Waals surface area contributed by atoms with E-state index in [0.29, 0.717) is 24.1 Å². The lowest BCUT2D eigenvalue weighted by Gasteiger charge is -2.31. The fourth-order valence-corrected chi connectivity index (χ4v) is 3.55. The van der Waals surface area contributed by atoms with Crippen molar-refractivity contribution in [1.29, 1.82) is 0 Å². The Kier molecular flexibility index (Phi) is 5.22. The number of methoxy groups -OCH3 is 1. The normalized spacial score (nSPS) is 37.0. The Morgan fingerprint density at radius 1 is 1.26 bits per heavy atom. The van der Waals surface area contributed by atoms with Gasteiger partial charge >= 0.3 is 0 Å². The van der Waals surface area contributed by atoms with Gasteiger partial charge in [-0.2, -0.15) is 0 Å². The summed E-state index contributed by atoms with van der Waals surface area (Å²) in [6.07, 6.45) is 7.81. The average Bonchev–Trinajstić information content (AvgIpc) is 2.85. The first-order valence-corrected chi connectivity index (χ1v) is 7.69. The molecule has 2 aliphatic rings. The van der Waals surface area contributed by atoms with Gasteiger partial charge in [0, 0.05) is 25.1 Å². The molecule has 5 atom stereocenters. The molecule has 2 rings (SSSR count). The van der Waals surface area contributed by atoms with Crippen LogP contribution in [0.4, 0.5) is 0 Å². The van der Waals surface area contributed by atoms with Crippen LogP contribution in [0.15, 0.2) is 0 Å². The van der Waals surface area contributed by atoms with Crippen LogP contribution >= 0.6 is 0 Å². The van der Waals surface area contributed by atoms with Crippen molar-refractivity contribution in [1.82, 2.24) is 5.32 Å². The van der Waals surface area contributed by atoms with Gasteiger partial charge in [0.05, 0.1) is 6.10 Å². The van der Waals surface area contributed by atoms with E-state index in [0.717, 1.165) is 38.5 Å². The third-order valence-corrected chi connectivity index (χ3v) is 4.94. The van der Waals surface area contributed by atoms with Gasteiger partial charge in [-0.05, 0) is 44.4 Å². The highest BCUT2D eigenvalue weighted by Gasteiger charge is 2.31. The summed E-state index contributed by atoms with van der Waals surface area (Å²) in [5, 5.41) is 3.20. The molecule has 0 bridgehead atoms. The Hall–Kier alpha value is -0.610. The molecule has 0 radical (unpaired) electrons. The highest BCUT2D eigenvalue weighted by Crippen LogP contribution is 2.30. The second kappa shape index (κ2) is 6.71. The highest BCUT2D eigenvalue weighted by atomic mass is 16.5. The predicted octanol–water partition coefficient (Wildman–Crippen LogP) is 1.82. The van der Waals surface area contributed by atoms with Crippen LogP contribution in [-0.2, 0) is 9.53 Å². The number of amides is 1. The van der Waals surface area contributed by atoms with Crippen molar-refractivity contribution in [2.24, 2.45) is 17.6 Å². The molecule has 0 aromatic carbocycles. The summed E-state index contributed by atoms with van der Waals surface area (Å²) >= 11 is 0. The molecular formula is C15H28N2O2. The summed E-state index contributed by atoms with van der Waals surface area (Å²) in [7, 11) is 1.75. The minimum absolute atomic E-state index is 0.0907. The van der Waals surface area contributed by atoms with Gasteiger partial charge < -0.3 is 15.8 Å². The van der Waals surface area contributed by atoms with Gasteiger partial charge in [-0.1, -0.05) is 13.3 Å². The van der Waals surface area contributed by atoms with Crippen molar-refractivity contribution in [3.8, 4) is 0 Å². The zero-order valence-electron chi connectivity index (χ0n) is 12.2. The maximum absolute atomic E-state index is 12.3.